The lowest BCUT2D eigenvalue weighted by atomic mass is 10.1. The van der Waals surface area contributed by atoms with Gasteiger partial charge in [0.05, 0.1) is 24.9 Å². The van der Waals surface area contributed by atoms with E-state index in [0.717, 1.165) is 16.2 Å². The Balaban J connectivity index is 1.75. The SMILES string of the molecule is CSC1=N[C@@H](CO[Si](C)(C)C(C)(C)C)[C@@H](OCc2ccccc2)[C@@H]1OCc1ccccc1. The van der Waals surface area contributed by atoms with Crippen LogP contribution in [0.3, 0.4) is 0 Å². The zero-order valence-corrected chi connectivity index (χ0v) is 22.0. The Kier molecular flexibility index (Phi) is 8.75. The molecule has 0 fully saturated rings. The normalized spacial score (nSPS) is 21.6. The molecule has 0 aromatic heterocycles. The monoisotopic (exact) mass is 471 g/mol. The van der Waals surface area contributed by atoms with Crippen molar-refractivity contribution < 1.29 is 13.9 Å². The first kappa shape index (κ1) is 25.2. The van der Waals surface area contributed by atoms with Crippen LogP contribution in [0.2, 0.25) is 18.1 Å². The zero-order valence-electron chi connectivity index (χ0n) is 20.2. The van der Waals surface area contributed by atoms with Crippen LogP contribution in [-0.4, -0.2) is 44.5 Å². The van der Waals surface area contributed by atoms with Gasteiger partial charge in [-0.15, -0.1) is 11.8 Å². The van der Waals surface area contributed by atoms with Crippen LogP contribution < -0.4 is 0 Å². The van der Waals surface area contributed by atoms with Crippen LogP contribution in [0.5, 0.6) is 0 Å². The van der Waals surface area contributed by atoms with Gasteiger partial charge in [-0.3, -0.25) is 4.99 Å². The van der Waals surface area contributed by atoms with E-state index in [2.05, 4.69) is 64.4 Å². The smallest absolute Gasteiger partial charge is 0.192 e. The maximum Gasteiger partial charge on any atom is 0.192 e. The van der Waals surface area contributed by atoms with E-state index in [1.807, 2.05) is 36.4 Å². The van der Waals surface area contributed by atoms with Gasteiger partial charge in [0.1, 0.15) is 18.2 Å². The summed E-state index contributed by atoms with van der Waals surface area (Å²) in [6, 6.07) is 20.5. The van der Waals surface area contributed by atoms with Crippen molar-refractivity contribution in [3.63, 3.8) is 0 Å². The molecule has 0 unspecified atom stereocenters. The third-order valence-corrected chi connectivity index (χ3v) is 11.7. The molecule has 1 aliphatic rings. The highest BCUT2D eigenvalue weighted by atomic mass is 32.2. The van der Waals surface area contributed by atoms with E-state index in [1.54, 1.807) is 11.8 Å². The van der Waals surface area contributed by atoms with Gasteiger partial charge in [0, 0.05) is 0 Å². The molecule has 3 atom stereocenters. The molecule has 1 heterocycles. The summed E-state index contributed by atoms with van der Waals surface area (Å²) in [6.45, 7) is 13.0. The van der Waals surface area contributed by atoms with Crippen molar-refractivity contribution in [2.24, 2.45) is 4.99 Å². The number of aliphatic imine (C=N–C) groups is 1. The van der Waals surface area contributed by atoms with Gasteiger partial charge in [-0.25, -0.2) is 0 Å². The maximum atomic E-state index is 6.55. The minimum absolute atomic E-state index is 0.0731. The topological polar surface area (TPSA) is 40.0 Å². The second kappa shape index (κ2) is 11.1. The van der Waals surface area contributed by atoms with Gasteiger partial charge >= 0.3 is 0 Å². The van der Waals surface area contributed by atoms with Crippen molar-refractivity contribution >= 4 is 25.1 Å². The summed E-state index contributed by atoms with van der Waals surface area (Å²) in [4.78, 5) is 5.01. The fraction of sp³-hybridized carbons (Fsp3) is 0.500. The van der Waals surface area contributed by atoms with Crippen LogP contribution in [0.4, 0.5) is 0 Å². The van der Waals surface area contributed by atoms with E-state index in [-0.39, 0.29) is 23.3 Å². The van der Waals surface area contributed by atoms with Crippen molar-refractivity contribution in [3.8, 4) is 0 Å². The first-order valence-corrected chi connectivity index (χ1v) is 15.4. The second-order valence-electron chi connectivity index (χ2n) is 9.79. The fourth-order valence-corrected chi connectivity index (χ4v) is 5.05. The van der Waals surface area contributed by atoms with Crippen molar-refractivity contribution in [2.45, 2.75) is 70.4 Å². The van der Waals surface area contributed by atoms with Gasteiger partial charge < -0.3 is 13.9 Å². The lowest BCUT2D eigenvalue weighted by Crippen LogP contribution is -2.45. The number of hydrogen-bond acceptors (Lipinski definition) is 5. The molecule has 0 radical (unpaired) electrons. The Morgan fingerprint density at radius 3 is 1.91 bits per heavy atom. The summed E-state index contributed by atoms with van der Waals surface area (Å²) in [7, 11) is -1.89. The molecule has 0 amide bonds. The third kappa shape index (κ3) is 6.55. The number of nitrogens with zero attached hydrogens (tertiary/aromatic N) is 1. The Hall–Kier alpha value is -1.44. The van der Waals surface area contributed by atoms with Crippen LogP contribution in [0, 0.1) is 0 Å². The summed E-state index contributed by atoms with van der Waals surface area (Å²) in [5.41, 5.74) is 2.30. The summed E-state index contributed by atoms with van der Waals surface area (Å²) in [5.74, 6) is 0. The Morgan fingerprint density at radius 1 is 0.875 bits per heavy atom. The molecule has 0 aliphatic carbocycles. The Morgan fingerprint density at radius 2 is 1.41 bits per heavy atom. The van der Waals surface area contributed by atoms with Gasteiger partial charge in [-0.2, -0.15) is 0 Å². The van der Waals surface area contributed by atoms with E-state index < -0.39 is 8.32 Å². The van der Waals surface area contributed by atoms with E-state index in [4.69, 9.17) is 18.9 Å². The van der Waals surface area contributed by atoms with E-state index in [0.29, 0.717) is 19.8 Å². The Labute approximate surface area is 198 Å². The standard InChI is InChI=1S/C26H37NO3SSi/c1-26(2,3)32(5,6)30-19-22-23(28-17-20-13-9-7-10-14-20)24(25(27-22)31-4)29-18-21-15-11-8-12-16-21/h7-16,22-24H,17-19H2,1-6H3/t22-,23+,24-/m0/s1. The molecular formula is C26H37NO3SSi. The summed E-state index contributed by atoms with van der Waals surface area (Å²) in [5, 5.41) is 1.14. The largest absolute Gasteiger partial charge is 0.415 e. The number of benzene rings is 2. The molecule has 6 heteroatoms. The average molecular weight is 472 g/mol. The van der Waals surface area contributed by atoms with Crippen molar-refractivity contribution in [1.82, 2.24) is 0 Å². The fourth-order valence-electron chi connectivity index (χ4n) is 3.36. The van der Waals surface area contributed by atoms with Crippen LogP contribution >= 0.6 is 11.8 Å². The minimum Gasteiger partial charge on any atom is -0.415 e. The molecular weight excluding hydrogens is 434 g/mol. The van der Waals surface area contributed by atoms with Gasteiger partial charge in [0.25, 0.3) is 0 Å². The minimum atomic E-state index is -1.89. The number of rotatable bonds is 9. The molecule has 0 saturated carbocycles. The van der Waals surface area contributed by atoms with Crippen molar-refractivity contribution in [2.75, 3.05) is 12.9 Å². The molecule has 1 aliphatic heterocycles. The maximum absolute atomic E-state index is 6.55. The molecule has 0 bridgehead atoms. The highest BCUT2D eigenvalue weighted by molar-refractivity contribution is 8.13. The van der Waals surface area contributed by atoms with Crippen LogP contribution in [0.15, 0.2) is 65.7 Å². The highest BCUT2D eigenvalue weighted by Gasteiger charge is 2.43. The summed E-state index contributed by atoms with van der Waals surface area (Å²) < 4.78 is 19.4. The van der Waals surface area contributed by atoms with Crippen LogP contribution in [-0.2, 0) is 27.1 Å². The van der Waals surface area contributed by atoms with Gasteiger partial charge in [-0.1, -0.05) is 81.4 Å². The molecule has 0 N–H and O–H groups in total. The quantitative estimate of drug-likeness (QED) is 0.401. The van der Waals surface area contributed by atoms with Crippen LogP contribution in [0.1, 0.15) is 31.9 Å². The zero-order chi connectivity index (χ0) is 23.2. The molecule has 0 spiro atoms. The number of ether oxygens (including phenoxy) is 2. The third-order valence-electron chi connectivity index (χ3n) is 6.40. The molecule has 2 aromatic rings. The molecule has 3 rings (SSSR count). The van der Waals surface area contributed by atoms with Crippen LogP contribution in [0.25, 0.3) is 0 Å². The first-order valence-electron chi connectivity index (χ1n) is 11.3. The van der Waals surface area contributed by atoms with Crippen molar-refractivity contribution in [3.05, 3.63) is 71.8 Å². The lowest BCUT2D eigenvalue weighted by Gasteiger charge is -2.37. The highest BCUT2D eigenvalue weighted by Crippen LogP contribution is 2.37. The van der Waals surface area contributed by atoms with Gasteiger partial charge in [0.15, 0.2) is 8.32 Å². The predicted molar refractivity (Wildman–Crippen MR) is 138 cm³/mol. The molecule has 4 nitrogen and oxygen atoms in total. The second-order valence-corrected chi connectivity index (χ2v) is 15.4. The molecule has 174 valence electrons. The van der Waals surface area contributed by atoms with Gasteiger partial charge in [-0.05, 0) is 35.5 Å². The average Bonchev–Trinajstić information content (AvgIpc) is 3.12. The summed E-state index contributed by atoms with van der Waals surface area (Å²) in [6.07, 6.45) is 1.69. The lowest BCUT2D eigenvalue weighted by molar-refractivity contribution is -0.0622. The molecule has 0 saturated heterocycles. The Bertz CT molecular complexity index is 868. The van der Waals surface area contributed by atoms with E-state index in [1.165, 1.54) is 0 Å². The predicted octanol–water partition coefficient (Wildman–Crippen LogP) is 6.32. The van der Waals surface area contributed by atoms with E-state index in [9.17, 15) is 0 Å². The first-order chi connectivity index (χ1) is 15.2. The summed E-state index contributed by atoms with van der Waals surface area (Å²) >= 11 is 1.64. The number of thioether (sulfide) groups is 1. The molecule has 32 heavy (non-hydrogen) atoms. The van der Waals surface area contributed by atoms with Crippen molar-refractivity contribution in [1.29, 1.82) is 0 Å². The number of hydrogen-bond donors (Lipinski definition) is 0. The molecule has 2 aromatic carbocycles. The van der Waals surface area contributed by atoms with Gasteiger partial charge in [0.2, 0.25) is 0 Å². The van der Waals surface area contributed by atoms with E-state index >= 15 is 0 Å².